The number of nitrogens with zero attached hydrogens (tertiary/aromatic N) is 1. The molecule has 0 aromatic carbocycles. The van der Waals surface area contributed by atoms with Gasteiger partial charge in [-0.15, -0.1) is 0 Å². The molecule has 0 unspecified atom stereocenters. The summed E-state index contributed by atoms with van der Waals surface area (Å²) in [7, 11) is 1.61. The van der Waals surface area contributed by atoms with Gasteiger partial charge in [-0.3, -0.25) is 4.79 Å². The van der Waals surface area contributed by atoms with E-state index in [9.17, 15) is 14.7 Å². The zero-order valence-corrected chi connectivity index (χ0v) is 12.3. The van der Waals surface area contributed by atoms with Gasteiger partial charge in [-0.25, -0.2) is 4.79 Å². The van der Waals surface area contributed by atoms with Crippen molar-refractivity contribution in [3.63, 3.8) is 0 Å². The maximum atomic E-state index is 11.8. The Bertz CT molecular complexity index is 560. The summed E-state index contributed by atoms with van der Waals surface area (Å²) in [4.78, 5) is 23.5. The van der Waals surface area contributed by atoms with Crippen LogP contribution in [-0.2, 0) is 7.05 Å². The first kappa shape index (κ1) is 14.1. The predicted molar refractivity (Wildman–Crippen MR) is 75.2 cm³/mol. The monoisotopic (exact) mass is 329 g/mol. The number of halogens is 1. The summed E-state index contributed by atoms with van der Waals surface area (Å²) in [6, 6.07) is 1.07. The topological polar surface area (TPSA) is 83.4 Å². The van der Waals surface area contributed by atoms with E-state index in [0.29, 0.717) is 17.3 Å². The Hall–Kier alpha value is -1.34. The lowest BCUT2D eigenvalue weighted by Crippen LogP contribution is -2.54. The van der Waals surface area contributed by atoms with E-state index >= 15 is 0 Å². The van der Waals surface area contributed by atoms with E-state index < -0.39 is 11.6 Å². The number of pyridine rings is 1. The zero-order valence-electron chi connectivity index (χ0n) is 10.7. The molecule has 19 heavy (non-hydrogen) atoms. The Kier molecular flexibility index (Phi) is 3.69. The highest BCUT2D eigenvalue weighted by Gasteiger charge is 2.39. The predicted octanol–water partition coefficient (Wildman–Crippen LogP) is 1.18. The van der Waals surface area contributed by atoms with E-state index in [4.69, 9.17) is 0 Å². The number of hydrogen-bond acceptors (Lipinski definition) is 3. The molecule has 0 atom stereocenters. The number of aromatic nitrogens is 1. The Labute approximate surface area is 118 Å². The third kappa shape index (κ3) is 3.36. The van der Waals surface area contributed by atoms with Crippen molar-refractivity contribution in [3.05, 3.63) is 27.1 Å². The van der Waals surface area contributed by atoms with Crippen molar-refractivity contribution in [3.8, 4) is 0 Å². The molecule has 1 aromatic rings. The fourth-order valence-electron chi connectivity index (χ4n) is 2.21. The summed E-state index contributed by atoms with van der Waals surface area (Å²) < 4.78 is 2.09. The van der Waals surface area contributed by atoms with Crippen LogP contribution in [0.3, 0.4) is 0 Å². The lowest BCUT2D eigenvalue weighted by molar-refractivity contribution is -0.0351. The van der Waals surface area contributed by atoms with E-state index in [1.807, 2.05) is 0 Å². The van der Waals surface area contributed by atoms with Crippen molar-refractivity contribution in [1.82, 2.24) is 9.88 Å². The lowest BCUT2D eigenvalue weighted by Gasteiger charge is -2.41. The molecule has 2 rings (SSSR count). The number of urea groups is 1. The summed E-state index contributed by atoms with van der Waals surface area (Å²) in [5.74, 6) is 0. The summed E-state index contributed by atoms with van der Waals surface area (Å²) in [6.07, 6.45) is 2.67. The molecule has 0 spiro atoms. The number of rotatable bonds is 2. The quantitative estimate of drug-likeness (QED) is 0.761. The first-order chi connectivity index (χ1) is 8.77. The van der Waals surface area contributed by atoms with Gasteiger partial charge in [0.25, 0.3) is 5.56 Å². The van der Waals surface area contributed by atoms with Crippen LogP contribution in [0, 0.1) is 0 Å². The molecule has 1 heterocycles. The fourth-order valence-corrected chi connectivity index (χ4v) is 2.74. The van der Waals surface area contributed by atoms with Gasteiger partial charge in [0.15, 0.2) is 0 Å². The number of nitrogens with one attached hydrogen (secondary N) is 2. The fraction of sp³-hybridized carbons (Fsp3) is 0.500. The van der Waals surface area contributed by atoms with E-state index in [0.717, 1.165) is 0 Å². The van der Waals surface area contributed by atoms with Gasteiger partial charge in [0, 0.05) is 23.8 Å². The highest BCUT2D eigenvalue weighted by molar-refractivity contribution is 9.10. The smallest absolute Gasteiger partial charge is 0.319 e. The molecule has 1 aliphatic rings. The van der Waals surface area contributed by atoms with Crippen LogP contribution in [0.15, 0.2) is 21.5 Å². The van der Waals surface area contributed by atoms with Gasteiger partial charge in [0.05, 0.1) is 5.60 Å². The van der Waals surface area contributed by atoms with Crippen molar-refractivity contribution in [2.45, 2.75) is 31.4 Å². The number of amides is 2. The Morgan fingerprint density at radius 1 is 1.58 bits per heavy atom. The number of aliphatic hydroxyl groups is 1. The van der Waals surface area contributed by atoms with Crippen LogP contribution in [0.1, 0.15) is 19.8 Å². The average Bonchev–Trinajstić information content (AvgIpc) is 2.22. The Morgan fingerprint density at radius 2 is 2.21 bits per heavy atom. The van der Waals surface area contributed by atoms with Gasteiger partial charge in [0.2, 0.25) is 0 Å². The molecule has 6 nitrogen and oxygen atoms in total. The van der Waals surface area contributed by atoms with Gasteiger partial charge >= 0.3 is 6.03 Å². The number of hydrogen-bond donors (Lipinski definition) is 3. The lowest BCUT2D eigenvalue weighted by atomic mass is 9.77. The minimum Gasteiger partial charge on any atom is -0.390 e. The molecule has 3 N–H and O–H groups in total. The van der Waals surface area contributed by atoms with Gasteiger partial charge < -0.3 is 20.3 Å². The normalized spacial score (nSPS) is 25.6. The molecule has 1 fully saturated rings. The van der Waals surface area contributed by atoms with Crippen LogP contribution < -0.4 is 16.2 Å². The molecule has 0 radical (unpaired) electrons. The maximum absolute atomic E-state index is 11.8. The van der Waals surface area contributed by atoms with E-state index in [1.165, 1.54) is 4.57 Å². The van der Waals surface area contributed by atoms with Crippen molar-refractivity contribution in [2.75, 3.05) is 5.32 Å². The first-order valence-electron chi connectivity index (χ1n) is 5.93. The maximum Gasteiger partial charge on any atom is 0.319 e. The molecule has 1 aliphatic carbocycles. The Morgan fingerprint density at radius 3 is 2.79 bits per heavy atom. The second-order valence-electron chi connectivity index (χ2n) is 5.19. The molecule has 0 aliphatic heterocycles. The summed E-state index contributed by atoms with van der Waals surface area (Å²) in [5, 5.41) is 14.8. The van der Waals surface area contributed by atoms with E-state index in [-0.39, 0.29) is 17.3 Å². The van der Waals surface area contributed by atoms with Crippen LogP contribution in [0.5, 0.6) is 0 Å². The van der Waals surface area contributed by atoms with Gasteiger partial charge in [0.1, 0.15) is 5.69 Å². The molecule has 0 bridgehead atoms. The highest BCUT2D eigenvalue weighted by Crippen LogP contribution is 2.31. The van der Waals surface area contributed by atoms with E-state index in [2.05, 4.69) is 26.6 Å². The average molecular weight is 330 g/mol. The number of anilines is 1. The van der Waals surface area contributed by atoms with E-state index in [1.54, 1.807) is 26.2 Å². The SMILES string of the molecule is Cn1cc(Br)cc(NC(=O)NC2CC(C)(O)C2)c1=O. The summed E-state index contributed by atoms with van der Waals surface area (Å²) in [5.41, 5.74) is -0.761. The number of carbonyl (C=O) groups is 1. The molecule has 7 heteroatoms. The van der Waals surface area contributed by atoms with Crippen LogP contribution in [-0.4, -0.2) is 27.3 Å². The molecular weight excluding hydrogens is 314 g/mol. The third-order valence-electron chi connectivity index (χ3n) is 3.11. The van der Waals surface area contributed by atoms with Crippen molar-refractivity contribution in [2.24, 2.45) is 7.05 Å². The van der Waals surface area contributed by atoms with Gasteiger partial charge in [-0.1, -0.05) is 0 Å². The molecule has 1 aromatic heterocycles. The van der Waals surface area contributed by atoms with Gasteiger partial charge in [-0.2, -0.15) is 0 Å². The number of aryl methyl sites for hydroxylation is 1. The molecule has 104 valence electrons. The Balaban J connectivity index is 1.98. The summed E-state index contributed by atoms with van der Waals surface area (Å²) >= 11 is 3.26. The zero-order chi connectivity index (χ0) is 14.2. The second-order valence-corrected chi connectivity index (χ2v) is 6.10. The van der Waals surface area contributed by atoms with Crippen LogP contribution >= 0.6 is 15.9 Å². The van der Waals surface area contributed by atoms with Crippen molar-refractivity contribution >= 4 is 27.6 Å². The van der Waals surface area contributed by atoms with Crippen molar-refractivity contribution in [1.29, 1.82) is 0 Å². The molecule has 0 saturated heterocycles. The van der Waals surface area contributed by atoms with Crippen LogP contribution in [0.4, 0.5) is 10.5 Å². The number of carbonyl (C=O) groups excluding carboxylic acids is 1. The minimum atomic E-state index is -0.691. The minimum absolute atomic E-state index is 0.0500. The second kappa shape index (κ2) is 4.97. The third-order valence-corrected chi connectivity index (χ3v) is 3.54. The van der Waals surface area contributed by atoms with Crippen LogP contribution in [0.2, 0.25) is 0 Å². The van der Waals surface area contributed by atoms with Gasteiger partial charge in [-0.05, 0) is 41.8 Å². The largest absolute Gasteiger partial charge is 0.390 e. The summed E-state index contributed by atoms with van der Waals surface area (Å²) in [6.45, 7) is 1.73. The molecule has 2 amide bonds. The molecule has 1 saturated carbocycles. The standard InChI is InChI=1S/C12H16BrN3O3/c1-12(19)4-8(5-12)14-11(18)15-9-3-7(13)6-16(2)10(9)17/h3,6,8,19H,4-5H2,1-2H3,(H2,14,15,18). The van der Waals surface area contributed by atoms with Crippen molar-refractivity contribution < 1.29 is 9.90 Å². The first-order valence-corrected chi connectivity index (χ1v) is 6.72. The highest BCUT2D eigenvalue weighted by atomic mass is 79.9. The van der Waals surface area contributed by atoms with Crippen LogP contribution in [0.25, 0.3) is 0 Å². The molecular formula is C12H16BrN3O3.